The van der Waals surface area contributed by atoms with Crippen molar-refractivity contribution in [3.8, 4) is 5.75 Å². The summed E-state index contributed by atoms with van der Waals surface area (Å²) < 4.78 is 10.4. The second-order valence-corrected chi connectivity index (χ2v) is 8.27. The SMILES string of the molecule is COc1cc2[nH]c(=O)c([C@@H](C)Nc3ncnc(N4C(=O)OCC4C(C)C)n3)cc2cc1Cl. The van der Waals surface area contributed by atoms with Gasteiger partial charge in [0.25, 0.3) is 5.56 Å². The molecule has 1 fully saturated rings. The van der Waals surface area contributed by atoms with E-state index in [1.54, 1.807) is 18.2 Å². The number of rotatable bonds is 6. The molecule has 10 nitrogen and oxygen atoms in total. The largest absolute Gasteiger partial charge is 0.495 e. The lowest BCUT2D eigenvalue weighted by Gasteiger charge is -2.22. The van der Waals surface area contributed by atoms with Gasteiger partial charge in [0.15, 0.2) is 0 Å². The Kier molecular flexibility index (Phi) is 5.88. The molecular weight excluding hydrogens is 436 g/mol. The normalized spacial score (nSPS) is 17.0. The predicted molar refractivity (Wildman–Crippen MR) is 120 cm³/mol. The molecule has 2 aromatic heterocycles. The standard InChI is InChI=1S/C21H23ClN6O4/c1-10(2)16-8-32-21(30)28(16)20-24-9-23-19(27-20)25-11(3)13-5-12-6-14(22)17(31-4)7-15(12)26-18(13)29/h5-7,9-11,16H,8H2,1-4H3,(H,26,29)(H,23,24,25,27)/t11-,16?/m1/s1. The van der Waals surface area contributed by atoms with Crippen molar-refractivity contribution in [1.82, 2.24) is 19.9 Å². The van der Waals surface area contributed by atoms with Crippen LogP contribution in [0.3, 0.4) is 0 Å². The van der Waals surface area contributed by atoms with Gasteiger partial charge in [-0.2, -0.15) is 4.98 Å². The molecule has 0 bridgehead atoms. The monoisotopic (exact) mass is 458 g/mol. The smallest absolute Gasteiger partial charge is 0.417 e. The lowest BCUT2D eigenvalue weighted by Crippen LogP contribution is -2.38. The van der Waals surface area contributed by atoms with E-state index in [1.165, 1.54) is 18.3 Å². The molecule has 32 heavy (non-hydrogen) atoms. The Bertz CT molecular complexity index is 1230. The minimum atomic E-state index is -0.493. The van der Waals surface area contributed by atoms with E-state index in [0.717, 1.165) is 5.39 Å². The highest BCUT2D eigenvalue weighted by Gasteiger charge is 2.38. The molecule has 168 valence electrons. The van der Waals surface area contributed by atoms with E-state index in [-0.39, 0.29) is 36.0 Å². The molecule has 3 aromatic rings. The van der Waals surface area contributed by atoms with Crippen molar-refractivity contribution >= 4 is 40.5 Å². The Morgan fingerprint density at radius 2 is 2.03 bits per heavy atom. The summed E-state index contributed by atoms with van der Waals surface area (Å²) in [5.74, 6) is 1.07. The molecule has 1 aromatic carbocycles. The summed E-state index contributed by atoms with van der Waals surface area (Å²) in [6.07, 6.45) is 0.823. The van der Waals surface area contributed by atoms with Gasteiger partial charge in [-0.25, -0.2) is 19.7 Å². The number of aromatic nitrogens is 4. The van der Waals surface area contributed by atoms with E-state index in [2.05, 4.69) is 25.3 Å². The first-order valence-electron chi connectivity index (χ1n) is 10.1. The second kappa shape index (κ2) is 8.62. The molecule has 0 aliphatic carbocycles. The van der Waals surface area contributed by atoms with Crippen LogP contribution in [-0.4, -0.2) is 45.8 Å². The van der Waals surface area contributed by atoms with Crippen LogP contribution in [0.4, 0.5) is 16.7 Å². The van der Waals surface area contributed by atoms with E-state index in [0.29, 0.717) is 21.9 Å². The molecule has 0 radical (unpaired) electrons. The van der Waals surface area contributed by atoms with E-state index in [9.17, 15) is 9.59 Å². The number of halogens is 1. The van der Waals surface area contributed by atoms with E-state index in [1.807, 2.05) is 20.8 Å². The Hall–Kier alpha value is -3.40. The fourth-order valence-electron chi connectivity index (χ4n) is 3.60. The molecule has 1 unspecified atom stereocenters. The van der Waals surface area contributed by atoms with Crippen molar-refractivity contribution in [1.29, 1.82) is 0 Å². The molecular formula is C21H23ClN6O4. The number of nitrogens with one attached hydrogen (secondary N) is 2. The van der Waals surface area contributed by atoms with Crippen LogP contribution in [0.5, 0.6) is 5.75 Å². The van der Waals surface area contributed by atoms with Gasteiger partial charge >= 0.3 is 6.09 Å². The van der Waals surface area contributed by atoms with Crippen LogP contribution in [0.2, 0.25) is 5.02 Å². The topological polar surface area (TPSA) is 122 Å². The Morgan fingerprint density at radius 1 is 1.25 bits per heavy atom. The van der Waals surface area contributed by atoms with Crippen molar-refractivity contribution in [3.63, 3.8) is 0 Å². The maximum atomic E-state index is 12.7. The third-order valence-corrected chi connectivity index (χ3v) is 5.70. The zero-order valence-electron chi connectivity index (χ0n) is 18.0. The zero-order valence-corrected chi connectivity index (χ0v) is 18.8. The maximum absolute atomic E-state index is 12.7. The van der Waals surface area contributed by atoms with Crippen LogP contribution in [0.15, 0.2) is 29.3 Å². The molecule has 1 saturated heterocycles. The van der Waals surface area contributed by atoms with Gasteiger partial charge in [-0.1, -0.05) is 25.4 Å². The molecule has 1 aliphatic heterocycles. The molecule has 4 rings (SSSR count). The number of carbonyl (C=O) groups excluding carboxylic acids is 1. The third kappa shape index (κ3) is 4.05. The molecule has 2 N–H and O–H groups in total. The quantitative estimate of drug-likeness (QED) is 0.575. The average molecular weight is 459 g/mol. The number of nitrogens with zero attached hydrogens (tertiary/aromatic N) is 4. The van der Waals surface area contributed by atoms with Gasteiger partial charge in [0.2, 0.25) is 11.9 Å². The van der Waals surface area contributed by atoms with E-state index in [4.69, 9.17) is 21.1 Å². The highest BCUT2D eigenvalue weighted by atomic mass is 35.5. The second-order valence-electron chi connectivity index (χ2n) is 7.86. The van der Waals surface area contributed by atoms with Crippen LogP contribution in [0.25, 0.3) is 10.9 Å². The molecule has 0 spiro atoms. The number of methoxy groups -OCH3 is 1. The minimum absolute atomic E-state index is 0.162. The Labute approximate surface area is 188 Å². The first-order valence-corrected chi connectivity index (χ1v) is 10.5. The maximum Gasteiger partial charge on any atom is 0.417 e. The van der Waals surface area contributed by atoms with Crippen molar-refractivity contribution < 1.29 is 14.3 Å². The predicted octanol–water partition coefficient (Wildman–Crippen LogP) is 3.53. The molecule has 11 heteroatoms. The summed E-state index contributed by atoms with van der Waals surface area (Å²) in [5, 5.41) is 4.31. The molecule has 0 saturated carbocycles. The van der Waals surface area contributed by atoms with Crippen LogP contribution in [0, 0.1) is 5.92 Å². The summed E-state index contributed by atoms with van der Waals surface area (Å²) in [6, 6.07) is 4.56. The summed E-state index contributed by atoms with van der Waals surface area (Å²) in [5.41, 5.74) is 0.822. The summed E-state index contributed by atoms with van der Waals surface area (Å²) in [4.78, 5) is 41.8. The number of carbonyl (C=O) groups is 1. The number of hydrogen-bond acceptors (Lipinski definition) is 8. The highest BCUT2D eigenvalue weighted by Crippen LogP contribution is 2.30. The van der Waals surface area contributed by atoms with Gasteiger partial charge < -0.3 is 19.8 Å². The van der Waals surface area contributed by atoms with Crippen molar-refractivity contribution in [2.45, 2.75) is 32.9 Å². The molecule has 3 heterocycles. The Morgan fingerprint density at radius 3 is 2.75 bits per heavy atom. The first kappa shape index (κ1) is 21.8. The summed E-state index contributed by atoms with van der Waals surface area (Å²) in [7, 11) is 1.51. The number of pyridine rings is 1. The Balaban J connectivity index is 1.62. The van der Waals surface area contributed by atoms with Gasteiger partial charge in [0, 0.05) is 17.0 Å². The number of cyclic esters (lactones) is 1. The number of hydrogen-bond donors (Lipinski definition) is 2. The van der Waals surface area contributed by atoms with Crippen LogP contribution >= 0.6 is 11.6 Å². The van der Waals surface area contributed by atoms with Gasteiger partial charge in [-0.15, -0.1) is 0 Å². The average Bonchev–Trinajstić information content (AvgIpc) is 3.15. The number of benzene rings is 1. The fourth-order valence-corrected chi connectivity index (χ4v) is 3.85. The minimum Gasteiger partial charge on any atom is -0.495 e. The zero-order chi connectivity index (χ0) is 23.0. The molecule has 1 amide bonds. The molecule has 1 aliphatic rings. The van der Waals surface area contributed by atoms with Crippen molar-refractivity contribution in [2.24, 2.45) is 5.92 Å². The van der Waals surface area contributed by atoms with Crippen molar-refractivity contribution in [2.75, 3.05) is 23.9 Å². The lowest BCUT2D eigenvalue weighted by molar-refractivity contribution is 0.177. The summed E-state index contributed by atoms with van der Waals surface area (Å²) in [6.45, 7) is 6.08. The number of anilines is 2. The van der Waals surface area contributed by atoms with Gasteiger partial charge in [-0.05, 0) is 25.0 Å². The van der Waals surface area contributed by atoms with Crippen molar-refractivity contribution in [3.05, 3.63) is 45.5 Å². The fraction of sp³-hybridized carbons (Fsp3) is 0.381. The number of ether oxygens (including phenoxy) is 2. The van der Waals surface area contributed by atoms with E-state index < -0.39 is 12.1 Å². The lowest BCUT2D eigenvalue weighted by atomic mass is 10.1. The molecule has 2 atom stereocenters. The number of aromatic amines is 1. The highest BCUT2D eigenvalue weighted by molar-refractivity contribution is 6.32. The van der Waals surface area contributed by atoms with Crippen LogP contribution in [-0.2, 0) is 4.74 Å². The number of fused-ring (bicyclic) bond motifs is 1. The van der Waals surface area contributed by atoms with E-state index >= 15 is 0 Å². The number of H-pyrrole nitrogens is 1. The first-order chi connectivity index (χ1) is 15.3. The van der Waals surface area contributed by atoms with Gasteiger partial charge in [-0.3, -0.25) is 4.79 Å². The van der Waals surface area contributed by atoms with Crippen LogP contribution < -0.4 is 20.5 Å². The van der Waals surface area contributed by atoms with Crippen LogP contribution in [0.1, 0.15) is 32.4 Å². The van der Waals surface area contributed by atoms with Gasteiger partial charge in [0.05, 0.1) is 29.7 Å². The number of amides is 1. The summed E-state index contributed by atoms with van der Waals surface area (Å²) >= 11 is 6.23. The third-order valence-electron chi connectivity index (χ3n) is 5.41. The van der Waals surface area contributed by atoms with Gasteiger partial charge in [0.1, 0.15) is 18.7 Å².